The van der Waals surface area contributed by atoms with Crippen LogP contribution >= 0.6 is 11.5 Å². The minimum Gasteiger partial charge on any atom is -0.476 e. The van der Waals surface area contributed by atoms with Crippen LogP contribution in [-0.2, 0) is 14.4 Å². The number of amides is 1. The topological polar surface area (TPSA) is 123 Å². The number of hydrogen-bond acceptors (Lipinski definition) is 8. The lowest BCUT2D eigenvalue weighted by atomic mass is 10.2. The van der Waals surface area contributed by atoms with Gasteiger partial charge in [-0.2, -0.15) is 9.36 Å². The molecule has 0 aromatic carbocycles. The van der Waals surface area contributed by atoms with Crippen molar-refractivity contribution in [2.45, 2.75) is 26.4 Å². The zero-order valence-electron chi connectivity index (χ0n) is 11.3. The fourth-order valence-electron chi connectivity index (χ4n) is 1.03. The zero-order valence-corrected chi connectivity index (χ0v) is 12.1. The van der Waals surface area contributed by atoms with E-state index in [1.807, 2.05) is 0 Å². The first-order chi connectivity index (χ1) is 9.23. The summed E-state index contributed by atoms with van der Waals surface area (Å²) in [6.45, 7) is 5.14. The molecule has 1 rings (SSSR count). The van der Waals surface area contributed by atoms with Gasteiger partial charge in [0.2, 0.25) is 16.7 Å². The molecule has 20 heavy (non-hydrogen) atoms. The number of carboxylic acid groups (broad SMARTS) is 1. The van der Waals surface area contributed by atoms with Gasteiger partial charge in [0.25, 0.3) is 0 Å². The number of carbonyl (C=O) groups excluding carboxylic acids is 1. The van der Waals surface area contributed by atoms with Gasteiger partial charge in [-0.05, 0) is 20.8 Å². The number of carbonyl (C=O) groups is 2. The van der Waals surface area contributed by atoms with E-state index in [0.29, 0.717) is 0 Å². The molecular formula is C10H14N4O5S. The Morgan fingerprint density at radius 1 is 1.40 bits per heavy atom. The third kappa shape index (κ3) is 4.80. The zero-order chi connectivity index (χ0) is 15.3. The summed E-state index contributed by atoms with van der Waals surface area (Å²) in [4.78, 5) is 30.6. The van der Waals surface area contributed by atoms with Gasteiger partial charge in [0, 0.05) is 11.5 Å². The van der Waals surface area contributed by atoms with Crippen LogP contribution in [0.25, 0.3) is 0 Å². The van der Waals surface area contributed by atoms with E-state index in [1.165, 1.54) is 7.11 Å². The van der Waals surface area contributed by atoms with Crippen molar-refractivity contribution in [1.82, 2.24) is 9.36 Å². The summed E-state index contributed by atoms with van der Waals surface area (Å²) in [7, 11) is 1.20. The van der Waals surface area contributed by atoms with Gasteiger partial charge in [0.15, 0.2) is 0 Å². The number of aromatic nitrogens is 2. The summed E-state index contributed by atoms with van der Waals surface area (Å²) >= 11 is 0.803. The second kappa shape index (κ2) is 6.28. The maximum atomic E-state index is 11.5. The molecule has 0 saturated carbocycles. The van der Waals surface area contributed by atoms with E-state index < -0.39 is 23.4 Å². The average molecular weight is 302 g/mol. The predicted octanol–water partition coefficient (Wildman–Crippen LogP) is 1.32. The Morgan fingerprint density at radius 3 is 2.55 bits per heavy atom. The highest BCUT2D eigenvalue weighted by Crippen LogP contribution is 2.14. The molecule has 0 aliphatic rings. The molecule has 10 heteroatoms. The van der Waals surface area contributed by atoms with Gasteiger partial charge in [0.05, 0.1) is 0 Å². The largest absolute Gasteiger partial charge is 0.476 e. The number of anilines is 1. The fraction of sp³-hybridized carbons (Fsp3) is 0.500. The molecule has 9 nitrogen and oxygen atoms in total. The quantitative estimate of drug-likeness (QED) is 0.635. The van der Waals surface area contributed by atoms with Crippen molar-refractivity contribution in [3.8, 4) is 0 Å². The number of aliphatic carboxylic acids is 1. The Morgan fingerprint density at radius 2 is 2.05 bits per heavy atom. The molecule has 0 atom stereocenters. The Labute approximate surface area is 118 Å². The molecule has 0 aliphatic carbocycles. The molecule has 1 heterocycles. The van der Waals surface area contributed by atoms with Gasteiger partial charge < -0.3 is 14.7 Å². The maximum Gasteiger partial charge on any atom is 0.414 e. The SMILES string of the molecule is CON=C(C(=O)O)c1nsc(NC(=O)OC(C)(C)C)n1. The lowest BCUT2D eigenvalue weighted by molar-refractivity contribution is -0.129. The van der Waals surface area contributed by atoms with Crippen molar-refractivity contribution in [2.75, 3.05) is 12.4 Å². The first-order valence-corrected chi connectivity index (χ1v) is 6.19. The van der Waals surface area contributed by atoms with Crippen LogP contribution < -0.4 is 5.32 Å². The average Bonchev–Trinajstić information content (AvgIpc) is 2.70. The number of hydrogen-bond donors (Lipinski definition) is 2. The van der Waals surface area contributed by atoms with E-state index in [4.69, 9.17) is 9.84 Å². The Hall–Kier alpha value is -2.23. The third-order valence-corrected chi connectivity index (χ3v) is 2.26. The molecule has 110 valence electrons. The molecule has 2 N–H and O–H groups in total. The monoisotopic (exact) mass is 302 g/mol. The van der Waals surface area contributed by atoms with E-state index >= 15 is 0 Å². The van der Waals surface area contributed by atoms with E-state index in [1.54, 1.807) is 20.8 Å². The number of nitrogens with zero attached hydrogens (tertiary/aromatic N) is 3. The van der Waals surface area contributed by atoms with E-state index in [-0.39, 0.29) is 11.0 Å². The highest BCUT2D eigenvalue weighted by Gasteiger charge is 2.21. The molecule has 1 amide bonds. The summed E-state index contributed by atoms with van der Waals surface area (Å²) in [5.74, 6) is -1.50. The summed E-state index contributed by atoms with van der Waals surface area (Å²) in [5.41, 5.74) is -1.11. The Kier molecular flexibility index (Phi) is 4.97. The molecule has 0 aliphatic heterocycles. The number of carboxylic acids is 1. The highest BCUT2D eigenvalue weighted by molar-refractivity contribution is 7.10. The van der Waals surface area contributed by atoms with Crippen LogP contribution in [0.1, 0.15) is 26.6 Å². The molecule has 0 unspecified atom stereocenters. The van der Waals surface area contributed by atoms with Crippen molar-refractivity contribution in [2.24, 2.45) is 5.16 Å². The number of ether oxygens (including phenoxy) is 1. The Balaban J connectivity index is 2.80. The molecular weight excluding hydrogens is 288 g/mol. The van der Waals surface area contributed by atoms with Crippen LogP contribution in [0.3, 0.4) is 0 Å². The number of oxime groups is 1. The van der Waals surface area contributed by atoms with Crippen LogP contribution in [0.4, 0.5) is 9.93 Å². The standard InChI is InChI=1S/C10H14N4O5S/c1-10(2,3)19-9(17)12-8-11-6(14-20-8)5(7(15)16)13-18-4/h1-4H3,(H,15,16)(H,11,12,14,17). The van der Waals surface area contributed by atoms with Crippen LogP contribution in [-0.4, -0.2) is 44.9 Å². The second-order valence-electron chi connectivity index (χ2n) is 4.48. The highest BCUT2D eigenvalue weighted by atomic mass is 32.1. The minimum atomic E-state index is -1.34. The molecule has 0 bridgehead atoms. The van der Waals surface area contributed by atoms with Crippen molar-refractivity contribution in [1.29, 1.82) is 0 Å². The number of rotatable bonds is 4. The van der Waals surface area contributed by atoms with Gasteiger partial charge in [-0.15, -0.1) is 0 Å². The first kappa shape index (κ1) is 15.8. The van der Waals surface area contributed by atoms with Gasteiger partial charge in [-0.1, -0.05) is 5.16 Å². The molecule has 0 radical (unpaired) electrons. The molecule has 1 aromatic heterocycles. The first-order valence-electron chi connectivity index (χ1n) is 5.41. The molecule has 0 spiro atoms. The van der Waals surface area contributed by atoms with Gasteiger partial charge in [0.1, 0.15) is 12.7 Å². The van der Waals surface area contributed by atoms with E-state index in [0.717, 1.165) is 11.5 Å². The summed E-state index contributed by atoms with van der Waals surface area (Å²) in [6, 6.07) is 0. The van der Waals surface area contributed by atoms with Crippen molar-refractivity contribution >= 4 is 34.4 Å². The van der Waals surface area contributed by atoms with Crippen LogP contribution in [0.2, 0.25) is 0 Å². The van der Waals surface area contributed by atoms with Crippen LogP contribution in [0, 0.1) is 0 Å². The lowest BCUT2D eigenvalue weighted by Crippen LogP contribution is -2.27. The lowest BCUT2D eigenvalue weighted by Gasteiger charge is -2.18. The summed E-state index contributed by atoms with van der Waals surface area (Å²) < 4.78 is 8.80. The fourth-order valence-corrected chi connectivity index (χ4v) is 1.58. The second-order valence-corrected chi connectivity index (χ2v) is 5.23. The van der Waals surface area contributed by atoms with Crippen molar-refractivity contribution < 1.29 is 24.3 Å². The Bertz CT molecular complexity index is 534. The van der Waals surface area contributed by atoms with Crippen molar-refractivity contribution in [3.05, 3.63) is 5.82 Å². The number of nitrogens with one attached hydrogen (secondary N) is 1. The van der Waals surface area contributed by atoms with Gasteiger partial charge >= 0.3 is 12.1 Å². The third-order valence-electron chi connectivity index (χ3n) is 1.63. The predicted molar refractivity (Wildman–Crippen MR) is 70.9 cm³/mol. The van der Waals surface area contributed by atoms with E-state index in [9.17, 15) is 9.59 Å². The van der Waals surface area contributed by atoms with Crippen LogP contribution in [0.15, 0.2) is 5.16 Å². The molecule has 0 saturated heterocycles. The normalized spacial score (nSPS) is 11.9. The minimum absolute atomic E-state index is 0.0966. The van der Waals surface area contributed by atoms with Crippen molar-refractivity contribution in [3.63, 3.8) is 0 Å². The van der Waals surface area contributed by atoms with E-state index in [2.05, 4.69) is 24.7 Å². The molecule has 0 fully saturated rings. The van der Waals surface area contributed by atoms with Crippen LogP contribution in [0.5, 0.6) is 0 Å². The maximum absolute atomic E-state index is 11.5. The smallest absolute Gasteiger partial charge is 0.414 e. The molecule has 1 aromatic rings. The summed E-state index contributed by atoms with van der Waals surface area (Å²) in [5, 5.41) is 14.7. The van der Waals surface area contributed by atoms with Gasteiger partial charge in [-0.3, -0.25) is 5.32 Å². The summed E-state index contributed by atoms with van der Waals surface area (Å²) in [6.07, 6.45) is -0.708. The van der Waals surface area contributed by atoms with Gasteiger partial charge in [-0.25, -0.2) is 9.59 Å².